The zero-order chi connectivity index (χ0) is 22.4. The third kappa shape index (κ3) is 5.37. The molecule has 0 saturated carbocycles. The standard InChI is InChI=1S/C22H22N2O6S/c1-4-15-11-16(21(26)28-5-2)20(31-15)23-17(25)12-29-22(27)18-13(3)30-19(24-18)14-9-7-6-8-10-14/h6-11H,4-5,12H2,1-3H3,(H,23,25). The van der Waals surface area contributed by atoms with Crippen LogP contribution in [0.2, 0.25) is 0 Å². The van der Waals surface area contributed by atoms with Gasteiger partial charge in [0.25, 0.3) is 5.91 Å². The Bertz CT molecular complexity index is 1090. The normalized spacial score (nSPS) is 10.5. The van der Waals surface area contributed by atoms with Crippen molar-refractivity contribution in [2.45, 2.75) is 27.2 Å². The van der Waals surface area contributed by atoms with Gasteiger partial charge in [0.05, 0.1) is 12.2 Å². The lowest BCUT2D eigenvalue weighted by Crippen LogP contribution is -2.22. The number of ether oxygens (including phenoxy) is 2. The van der Waals surface area contributed by atoms with Crippen molar-refractivity contribution in [3.05, 3.63) is 58.3 Å². The number of esters is 2. The van der Waals surface area contributed by atoms with Crippen LogP contribution in [-0.2, 0) is 20.7 Å². The molecular formula is C22H22N2O6S. The van der Waals surface area contributed by atoms with Gasteiger partial charge in [-0.2, -0.15) is 0 Å². The molecule has 0 atom stereocenters. The SMILES string of the molecule is CCOC(=O)c1cc(CC)sc1NC(=O)COC(=O)c1nc(-c2ccccc2)oc1C. The Morgan fingerprint density at radius 3 is 2.52 bits per heavy atom. The summed E-state index contributed by atoms with van der Waals surface area (Å²) in [5, 5.41) is 2.98. The highest BCUT2D eigenvalue weighted by molar-refractivity contribution is 7.16. The van der Waals surface area contributed by atoms with Gasteiger partial charge in [-0.3, -0.25) is 4.79 Å². The monoisotopic (exact) mass is 442 g/mol. The lowest BCUT2D eigenvalue weighted by molar-refractivity contribution is -0.119. The molecule has 1 aromatic carbocycles. The highest BCUT2D eigenvalue weighted by atomic mass is 32.1. The molecule has 3 rings (SSSR count). The minimum absolute atomic E-state index is 0.00302. The Balaban J connectivity index is 1.64. The summed E-state index contributed by atoms with van der Waals surface area (Å²) >= 11 is 1.28. The molecule has 0 aliphatic rings. The fraction of sp³-hybridized carbons (Fsp3) is 0.273. The maximum Gasteiger partial charge on any atom is 0.361 e. The number of carbonyl (C=O) groups excluding carboxylic acids is 3. The Labute approximate surface area is 183 Å². The number of thiophene rings is 1. The molecule has 0 unspecified atom stereocenters. The Hall–Kier alpha value is -3.46. The molecule has 1 amide bonds. The van der Waals surface area contributed by atoms with Gasteiger partial charge in [0.15, 0.2) is 12.3 Å². The molecule has 3 aromatic rings. The van der Waals surface area contributed by atoms with Gasteiger partial charge in [0, 0.05) is 10.4 Å². The maximum atomic E-state index is 12.4. The Morgan fingerprint density at radius 2 is 1.84 bits per heavy atom. The van der Waals surface area contributed by atoms with Crippen molar-refractivity contribution < 1.29 is 28.3 Å². The van der Waals surface area contributed by atoms with Crippen molar-refractivity contribution in [2.75, 3.05) is 18.5 Å². The van der Waals surface area contributed by atoms with Crippen LogP contribution in [0.1, 0.15) is 45.3 Å². The van der Waals surface area contributed by atoms with E-state index in [4.69, 9.17) is 13.9 Å². The molecule has 9 heteroatoms. The number of benzene rings is 1. The van der Waals surface area contributed by atoms with Crippen molar-refractivity contribution in [3.63, 3.8) is 0 Å². The van der Waals surface area contributed by atoms with E-state index in [-0.39, 0.29) is 17.9 Å². The zero-order valence-corrected chi connectivity index (χ0v) is 18.2. The van der Waals surface area contributed by atoms with Crippen LogP contribution in [0.3, 0.4) is 0 Å². The Morgan fingerprint density at radius 1 is 1.10 bits per heavy atom. The van der Waals surface area contributed by atoms with Crippen molar-refractivity contribution in [1.82, 2.24) is 4.98 Å². The number of hydrogen-bond acceptors (Lipinski definition) is 8. The van der Waals surface area contributed by atoms with Crippen LogP contribution >= 0.6 is 11.3 Å². The van der Waals surface area contributed by atoms with E-state index in [1.54, 1.807) is 32.0 Å². The molecule has 1 N–H and O–H groups in total. The lowest BCUT2D eigenvalue weighted by atomic mass is 10.2. The van der Waals surface area contributed by atoms with Gasteiger partial charge < -0.3 is 19.2 Å². The third-order valence-electron chi connectivity index (χ3n) is 4.22. The first-order valence-electron chi connectivity index (χ1n) is 9.72. The molecule has 162 valence electrons. The smallest absolute Gasteiger partial charge is 0.361 e. The molecule has 2 heterocycles. The summed E-state index contributed by atoms with van der Waals surface area (Å²) in [5.74, 6) is -1.28. The van der Waals surface area contributed by atoms with Gasteiger partial charge in [0.1, 0.15) is 10.8 Å². The minimum Gasteiger partial charge on any atom is -0.462 e. The number of anilines is 1. The number of carbonyl (C=O) groups is 3. The molecule has 31 heavy (non-hydrogen) atoms. The molecule has 0 saturated heterocycles. The number of aryl methyl sites for hydroxylation is 2. The molecule has 0 radical (unpaired) electrons. The van der Waals surface area contributed by atoms with E-state index >= 15 is 0 Å². The van der Waals surface area contributed by atoms with Gasteiger partial charge >= 0.3 is 11.9 Å². The second-order valence-electron chi connectivity index (χ2n) is 6.44. The number of amides is 1. The van der Waals surface area contributed by atoms with Crippen molar-refractivity contribution in [2.24, 2.45) is 0 Å². The van der Waals surface area contributed by atoms with Crippen LogP contribution in [0.25, 0.3) is 11.5 Å². The summed E-state index contributed by atoms with van der Waals surface area (Å²) in [4.78, 5) is 41.9. The largest absolute Gasteiger partial charge is 0.462 e. The van der Waals surface area contributed by atoms with E-state index in [2.05, 4.69) is 10.3 Å². The van der Waals surface area contributed by atoms with Gasteiger partial charge in [-0.05, 0) is 38.5 Å². The molecule has 0 spiro atoms. The minimum atomic E-state index is -0.773. The summed E-state index contributed by atoms with van der Waals surface area (Å²) in [6.07, 6.45) is 0.705. The molecule has 0 aliphatic carbocycles. The summed E-state index contributed by atoms with van der Waals surface area (Å²) < 4.78 is 15.7. The third-order valence-corrected chi connectivity index (χ3v) is 5.42. The molecule has 0 aliphatic heterocycles. The molecule has 0 bridgehead atoms. The predicted octanol–water partition coefficient (Wildman–Crippen LogP) is 4.25. The van der Waals surface area contributed by atoms with Crippen LogP contribution in [0.15, 0.2) is 40.8 Å². The molecule has 2 aromatic heterocycles. The van der Waals surface area contributed by atoms with Crippen molar-refractivity contribution >= 4 is 34.2 Å². The van der Waals surface area contributed by atoms with Crippen LogP contribution in [0.4, 0.5) is 5.00 Å². The highest BCUT2D eigenvalue weighted by Gasteiger charge is 2.22. The maximum absolute atomic E-state index is 12.4. The van der Waals surface area contributed by atoms with E-state index < -0.39 is 24.5 Å². The first kappa shape index (κ1) is 22.2. The molecule has 8 nitrogen and oxygen atoms in total. The lowest BCUT2D eigenvalue weighted by Gasteiger charge is -2.06. The van der Waals surface area contributed by atoms with Crippen molar-refractivity contribution in [3.8, 4) is 11.5 Å². The van der Waals surface area contributed by atoms with Gasteiger partial charge in [-0.15, -0.1) is 11.3 Å². The van der Waals surface area contributed by atoms with Crippen LogP contribution in [-0.4, -0.2) is 36.0 Å². The average Bonchev–Trinajstić information content (AvgIpc) is 3.36. The quantitative estimate of drug-likeness (QED) is 0.520. The van der Waals surface area contributed by atoms with E-state index in [1.807, 2.05) is 25.1 Å². The predicted molar refractivity (Wildman–Crippen MR) is 115 cm³/mol. The summed E-state index contributed by atoms with van der Waals surface area (Å²) in [6.45, 7) is 4.94. The summed E-state index contributed by atoms with van der Waals surface area (Å²) in [5.41, 5.74) is 1.00. The second kappa shape index (κ2) is 10.0. The second-order valence-corrected chi connectivity index (χ2v) is 7.58. The van der Waals surface area contributed by atoms with Crippen LogP contribution in [0, 0.1) is 6.92 Å². The van der Waals surface area contributed by atoms with Gasteiger partial charge in [0.2, 0.25) is 5.89 Å². The van der Waals surface area contributed by atoms with E-state index in [9.17, 15) is 14.4 Å². The Kier molecular flexibility index (Phi) is 7.19. The average molecular weight is 442 g/mol. The highest BCUT2D eigenvalue weighted by Crippen LogP contribution is 2.29. The summed E-state index contributed by atoms with van der Waals surface area (Å²) in [6, 6.07) is 10.8. The van der Waals surface area contributed by atoms with Crippen molar-refractivity contribution in [1.29, 1.82) is 0 Å². The number of nitrogens with zero attached hydrogens (tertiary/aromatic N) is 1. The summed E-state index contributed by atoms with van der Waals surface area (Å²) in [7, 11) is 0. The van der Waals surface area contributed by atoms with Gasteiger partial charge in [-0.25, -0.2) is 14.6 Å². The molecule has 0 fully saturated rings. The van der Waals surface area contributed by atoms with E-state index in [0.29, 0.717) is 23.1 Å². The topological polar surface area (TPSA) is 108 Å². The first-order chi connectivity index (χ1) is 14.9. The van der Waals surface area contributed by atoms with Crippen LogP contribution < -0.4 is 5.32 Å². The fourth-order valence-electron chi connectivity index (χ4n) is 2.72. The van der Waals surface area contributed by atoms with Gasteiger partial charge in [-0.1, -0.05) is 25.1 Å². The molecular weight excluding hydrogens is 420 g/mol. The zero-order valence-electron chi connectivity index (χ0n) is 17.4. The number of rotatable bonds is 8. The first-order valence-corrected chi connectivity index (χ1v) is 10.5. The van der Waals surface area contributed by atoms with Crippen LogP contribution in [0.5, 0.6) is 0 Å². The number of oxazole rings is 1. The fourth-order valence-corrected chi connectivity index (χ4v) is 3.72. The number of hydrogen-bond donors (Lipinski definition) is 1. The van der Waals surface area contributed by atoms with E-state index in [0.717, 1.165) is 10.4 Å². The number of nitrogens with one attached hydrogen (secondary N) is 1. The number of aromatic nitrogens is 1. The van der Waals surface area contributed by atoms with E-state index in [1.165, 1.54) is 11.3 Å².